The van der Waals surface area contributed by atoms with Crippen LogP contribution in [0.25, 0.3) is 10.2 Å². The predicted octanol–water partition coefficient (Wildman–Crippen LogP) is 2.76. The van der Waals surface area contributed by atoms with Crippen LogP contribution in [0.1, 0.15) is 31.4 Å². The van der Waals surface area contributed by atoms with Crippen molar-refractivity contribution in [3.8, 4) is 0 Å². The molecule has 0 aromatic carbocycles. The van der Waals surface area contributed by atoms with Crippen LogP contribution in [0, 0.1) is 6.92 Å². The van der Waals surface area contributed by atoms with Gasteiger partial charge in [-0.05, 0) is 44.1 Å². The van der Waals surface area contributed by atoms with Crippen LogP contribution >= 0.6 is 11.3 Å². The van der Waals surface area contributed by atoms with E-state index in [0.717, 1.165) is 79.5 Å². The van der Waals surface area contributed by atoms with Crippen LogP contribution in [0.15, 0.2) is 17.5 Å². The monoisotopic (exact) mass is 496 g/mol. The summed E-state index contributed by atoms with van der Waals surface area (Å²) < 4.78 is 5.44. The van der Waals surface area contributed by atoms with Crippen LogP contribution < -0.4 is 10.2 Å². The van der Waals surface area contributed by atoms with Gasteiger partial charge in [-0.2, -0.15) is 10.1 Å². The second kappa shape index (κ2) is 9.36. The molecule has 3 aliphatic heterocycles. The van der Waals surface area contributed by atoms with E-state index >= 15 is 0 Å². The second-order valence-electron chi connectivity index (χ2n) is 9.88. The van der Waals surface area contributed by atoms with Crippen LogP contribution in [-0.4, -0.2) is 93.9 Å². The van der Waals surface area contributed by atoms with Gasteiger partial charge in [0.1, 0.15) is 10.6 Å². The van der Waals surface area contributed by atoms with E-state index < -0.39 is 0 Å². The summed E-state index contributed by atoms with van der Waals surface area (Å²) in [7, 11) is 2.09. The molecular formula is C24H32N8O2S. The maximum atomic E-state index is 13.2. The quantitative estimate of drug-likeness (QED) is 0.537. The number of ether oxygens (including phenoxy) is 1. The van der Waals surface area contributed by atoms with Gasteiger partial charge >= 0.3 is 0 Å². The minimum atomic E-state index is 0.276. The summed E-state index contributed by atoms with van der Waals surface area (Å²) >= 11 is 1.62. The number of amides is 1. The number of aromatic amines is 1. The Hall–Kier alpha value is -2.76. The van der Waals surface area contributed by atoms with Gasteiger partial charge in [0.15, 0.2) is 5.82 Å². The summed E-state index contributed by atoms with van der Waals surface area (Å²) in [6, 6.07) is 4.91. The normalized spacial score (nSPS) is 24.7. The molecule has 35 heavy (non-hydrogen) atoms. The number of anilines is 3. The third kappa shape index (κ3) is 4.48. The first-order valence-electron chi connectivity index (χ1n) is 12.4. The molecule has 3 aromatic heterocycles. The zero-order valence-electron chi connectivity index (χ0n) is 20.2. The number of morpholine rings is 1. The van der Waals surface area contributed by atoms with Crippen molar-refractivity contribution in [2.75, 3.05) is 50.1 Å². The van der Waals surface area contributed by atoms with Gasteiger partial charge in [-0.15, -0.1) is 11.3 Å². The van der Waals surface area contributed by atoms with Crippen molar-refractivity contribution >= 4 is 45.0 Å². The van der Waals surface area contributed by atoms with Gasteiger partial charge in [0, 0.05) is 50.0 Å². The topological polar surface area (TPSA) is 103 Å². The number of carbonyl (C=O) groups excluding carboxylic acids is 1. The lowest BCUT2D eigenvalue weighted by atomic mass is 9.96. The molecule has 2 bridgehead atoms. The Bertz CT molecular complexity index is 1190. The highest BCUT2D eigenvalue weighted by atomic mass is 32.1. The maximum Gasteiger partial charge on any atom is 0.237 e. The molecule has 186 valence electrons. The molecule has 11 heteroatoms. The first-order valence-corrected chi connectivity index (χ1v) is 13.3. The molecule has 3 fully saturated rings. The Balaban J connectivity index is 1.18. The fraction of sp³-hybridized carbons (Fsp3) is 0.583. The van der Waals surface area contributed by atoms with E-state index in [4.69, 9.17) is 14.7 Å². The number of piperidine rings is 1. The van der Waals surface area contributed by atoms with Gasteiger partial charge in [-0.25, -0.2) is 4.98 Å². The highest BCUT2D eigenvalue weighted by Crippen LogP contribution is 2.39. The molecule has 6 heterocycles. The summed E-state index contributed by atoms with van der Waals surface area (Å²) in [5.41, 5.74) is 0.992. The number of rotatable bonds is 6. The fourth-order valence-electron chi connectivity index (χ4n) is 5.77. The van der Waals surface area contributed by atoms with E-state index in [9.17, 15) is 4.79 Å². The molecule has 0 saturated carbocycles. The second-order valence-corrected chi connectivity index (χ2v) is 10.8. The number of thiophene rings is 1. The first kappa shape index (κ1) is 22.7. The number of hydrogen-bond acceptors (Lipinski definition) is 9. The lowest BCUT2D eigenvalue weighted by Crippen LogP contribution is -2.55. The van der Waals surface area contributed by atoms with Crippen molar-refractivity contribution in [1.29, 1.82) is 0 Å². The molecule has 3 aromatic rings. The molecule has 0 radical (unpaired) electrons. The van der Waals surface area contributed by atoms with E-state index in [0.29, 0.717) is 30.6 Å². The zero-order chi connectivity index (χ0) is 23.9. The van der Waals surface area contributed by atoms with Crippen LogP contribution in [-0.2, 0) is 9.53 Å². The molecule has 3 saturated heterocycles. The predicted molar refractivity (Wildman–Crippen MR) is 136 cm³/mol. The minimum Gasteiger partial charge on any atom is -0.379 e. The number of fused-ring (bicyclic) bond motifs is 3. The van der Waals surface area contributed by atoms with Crippen LogP contribution in [0.5, 0.6) is 0 Å². The Morgan fingerprint density at radius 2 is 2.03 bits per heavy atom. The molecular weight excluding hydrogens is 464 g/mol. The van der Waals surface area contributed by atoms with Crippen molar-refractivity contribution in [2.45, 2.75) is 50.7 Å². The highest BCUT2D eigenvalue weighted by molar-refractivity contribution is 7.16. The Kier molecular flexibility index (Phi) is 6.07. The lowest BCUT2D eigenvalue weighted by Gasteiger charge is -2.43. The van der Waals surface area contributed by atoms with Crippen molar-refractivity contribution in [3.05, 3.63) is 23.2 Å². The summed E-state index contributed by atoms with van der Waals surface area (Å²) in [6.07, 6.45) is 4.07. The van der Waals surface area contributed by atoms with Gasteiger partial charge < -0.3 is 19.9 Å². The number of nitrogens with zero attached hydrogens (tertiary/aromatic N) is 6. The van der Waals surface area contributed by atoms with E-state index in [2.05, 4.69) is 37.3 Å². The van der Waals surface area contributed by atoms with E-state index in [1.165, 1.54) is 0 Å². The molecule has 1 unspecified atom stereocenters. The number of nitrogens with one attached hydrogen (secondary N) is 2. The van der Waals surface area contributed by atoms with E-state index in [-0.39, 0.29) is 5.91 Å². The van der Waals surface area contributed by atoms with E-state index in [1.807, 2.05) is 24.4 Å². The number of hydrogen-bond donors (Lipinski definition) is 2. The Labute approximate surface area is 208 Å². The summed E-state index contributed by atoms with van der Waals surface area (Å²) in [6.45, 7) is 5.62. The van der Waals surface area contributed by atoms with Crippen molar-refractivity contribution in [2.24, 2.45) is 0 Å². The molecule has 3 aliphatic rings. The smallest absolute Gasteiger partial charge is 0.237 e. The first-order chi connectivity index (χ1) is 17.0. The fourth-order valence-corrected chi connectivity index (χ4v) is 6.53. The van der Waals surface area contributed by atoms with Crippen molar-refractivity contribution < 1.29 is 9.53 Å². The van der Waals surface area contributed by atoms with Crippen LogP contribution in [0.4, 0.5) is 17.6 Å². The number of aryl methyl sites for hydroxylation is 1. The van der Waals surface area contributed by atoms with Crippen LogP contribution in [0.3, 0.4) is 0 Å². The summed E-state index contributed by atoms with van der Waals surface area (Å²) in [4.78, 5) is 30.6. The minimum absolute atomic E-state index is 0.276. The molecule has 0 spiro atoms. The van der Waals surface area contributed by atoms with Crippen molar-refractivity contribution in [1.82, 2.24) is 30.0 Å². The number of H-pyrrole nitrogens is 1. The molecule has 0 aliphatic carbocycles. The summed E-state index contributed by atoms with van der Waals surface area (Å²) in [5.74, 6) is 2.50. The largest absolute Gasteiger partial charge is 0.379 e. The lowest BCUT2D eigenvalue weighted by molar-refractivity contribution is -0.138. The standard InChI is InChI=1S/C24H32N8O2S/c1-15-11-20(29-28-15)25-22-19-5-10-35-23(19)27-24(26-22)30(2)18-12-16-3-4-17(13-18)32(16)21(33)14-31-6-8-34-9-7-31/h5,10-11,16-18H,3-4,6-9,12-14H2,1-2H3,(H2,25,26,27,28,29)/t16-,17+,18?. The average Bonchev–Trinajstić information content (AvgIpc) is 3.56. The number of aromatic nitrogens is 4. The Morgan fingerprint density at radius 3 is 2.74 bits per heavy atom. The van der Waals surface area contributed by atoms with E-state index in [1.54, 1.807) is 11.3 Å². The van der Waals surface area contributed by atoms with Gasteiger partial charge in [0.05, 0.1) is 25.1 Å². The third-order valence-electron chi connectivity index (χ3n) is 7.59. The maximum absolute atomic E-state index is 13.2. The van der Waals surface area contributed by atoms with Gasteiger partial charge in [0.25, 0.3) is 0 Å². The van der Waals surface area contributed by atoms with Gasteiger partial charge in [0.2, 0.25) is 11.9 Å². The molecule has 10 nitrogen and oxygen atoms in total. The van der Waals surface area contributed by atoms with Gasteiger partial charge in [-0.3, -0.25) is 14.8 Å². The SMILES string of the molecule is Cc1cc(Nc2nc(N(C)C3C[C@H]4CC[C@@H](C3)N4C(=O)CN3CCOCC3)nc3sccc23)n[nH]1. The average molecular weight is 497 g/mol. The van der Waals surface area contributed by atoms with Gasteiger partial charge in [-0.1, -0.05) is 0 Å². The Morgan fingerprint density at radius 1 is 1.26 bits per heavy atom. The highest BCUT2D eigenvalue weighted by Gasteiger charge is 2.44. The number of carbonyl (C=O) groups is 1. The molecule has 1 amide bonds. The summed E-state index contributed by atoms with van der Waals surface area (Å²) in [5, 5.41) is 13.7. The van der Waals surface area contributed by atoms with Crippen LogP contribution in [0.2, 0.25) is 0 Å². The zero-order valence-corrected chi connectivity index (χ0v) is 21.1. The van der Waals surface area contributed by atoms with Crippen molar-refractivity contribution in [3.63, 3.8) is 0 Å². The molecule has 2 N–H and O–H groups in total. The molecule has 3 atom stereocenters. The molecule has 6 rings (SSSR count). The third-order valence-corrected chi connectivity index (χ3v) is 8.39.